The molecule has 1 aromatic heterocycles. The van der Waals surface area contributed by atoms with Crippen molar-refractivity contribution in [1.82, 2.24) is 10.3 Å². The van der Waals surface area contributed by atoms with E-state index in [0.717, 1.165) is 29.4 Å². The summed E-state index contributed by atoms with van der Waals surface area (Å²) in [5.74, 6) is 1.29. The highest BCUT2D eigenvalue weighted by Gasteiger charge is 2.45. The van der Waals surface area contributed by atoms with Crippen LogP contribution in [0.3, 0.4) is 0 Å². The average molecular weight is 289 g/mol. The Labute approximate surface area is 126 Å². The molecule has 3 nitrogen and oxygen atoms in total. The van der Waals surface area contributed by atoms with Crippen LogP contribution in [0.25, 0.3) is 0 Å². The van der Waals surface area contributed by atoms with Gasteiger partial charge in [0, 0.05) is 11.4 Å². The zero-order chi connectivity index (χ0) is 14.6. The molecule has 1 fully saturated rings. The number of aryl methyl sites for hydroxylation is 2. The van der Waals surface area contributed by atoms with Gasteiger partial charge in [-0.2, -0.15) is 5.26 Å². The molecule has 0 radical (unpaired) electrons. The van der Waals surface area contributed by atoms with E-state index in [1.165, 1.54) is 18.4 Å². The minimum Gasteiger partial charge on any atom is -0.298 e. The van der Waals surface area contributed by atoms with Gasteiger partial charge in [0.05, 0.1) is 11.1 Å². The average Bonchev–Trinajstić information content (AvgIpc) is 3.23. The normalized spacial score (nSPS) is 17.5. The van der Waals surface area contributed by atoms with Crippen LogP contribution in [-0.2, 0) is 0 Å². The molecular weight excluding hydrogens is 266 g/mol. The number of thioether (sulfide) groups is 1. The maximum absolute atomic E-state index is 9.65. The molecule has 20 heavy (non-hydrogen) atoms. The first-order valence-corrected chi connectivity index (χ1v) is 8.32. The van der Waals surface area contributed by atoms with E-state index < -0.39 is 0 Å². The Morgan fingerprint density at radius 3 is 2.75 bits per heavy atom. The van der Waals surface area contributed by atoms with E-state index in [-0.39, 0.29) is 5.54 Å². The van der Waals surface area contributed by atoms with Crippen molar-refractivity contribution < 1.29 is 0 Å². The fourth-order valence-electron chi connectivity index (χ4n) is 2.47. The Balaban J connectivity index is 2.06. The molecule has 0 aliphatic heterocycles. The van der Waals surface area contributed by atoms with E-state index in [4.69, 9.17) is 0 Å². The Morgan fingerprint density at radius 2 is 2.20 bits per heavy atom. The molecule has 1 N–H and O–H groups in total. The van der Waals surface area contributed by atoms with Gasteiger partial charge in [0.15, 0.2) is 0 Å². The van der Waals surface area contributed by atoms with Crippen molar-refractivity contribution in [2.75, 3.05) is 12.3 Å². The molecule has 1 aliphatic carbocycles. The van der Waals surface area contributed by atoms with Crippen molar-refractivity contribution in [1.29, 1.82) is 5.26 Å². The standard InChI is InChI=1S/C16H23N3S/c1-4-7-18-16(10-17,14-5-6-14)11-20-15-9-12(2)8-13(3)19-15/h8-9,14,18H,4-7,11H2,1-3H3. The summed E-state index contributed by atoms with van der Waals surface area (Å²) in [6.07, 6.45) is 3.40. The summed E-state index contributed by atoms with van der Waals surface area (Å²) in [6, 6.07) is 6.74. The first-order chi connectivity index (χ1) is 9.59. The topological polar surface area (TPSA) is 48.7 Å². The number of aromatic nitrogens is 1. The molecule has 0 bridgehead atoms. The number of nitrogens with zero attached hydrogens (tertiary/aromatic N) is 2. The SMILES string of the molecule is CCCNC(C#N)(CSc1cc(C)cc(C)n1)C1CC1. The minimum atomic E-state index is -0.375. The van der Waals surface area contributed by atoms with Crippen molar-refractivity contribution in [3.8, 4) is 6.07 Å². The van der Waals surface area contributed by atoms with Gasteiger partial charge in [0.2, 0.25) is 0 Å². The molecule has 0 aromatic carbocycles. The Morgan fingerprint density at radius 1 is 1.45 bits per heavy atom. The van der Waals surface area contributed by atoms with Gasteiger partial charge in [-0.15, -0.1) is 11.8 Å². The van der Waals surface area contributed by atoms with Crippen LogP contribution in [0.1, 0.15) is 37.4 Å². The Kier molecular flexibility index (Phi) is 5.06. The van der Waals surface area contributed by atoms with Crippen LogP contribution >= 0.6 is 11.8 Å². The van der Waals surface area contributed by atoms with Crippen molar-refractivity contribution in [2.24, 2.45) is 5.92 Å². The van der Waals surface area contributed by atoms with Crippen LogP contribution in [0.5, 0.6) is 0 Å². The van der Waals surface area contributed by atoms with Gasteiger partial charge in [-0.05, 0) is 63.3 Å². The van der Waals surface area contributed by atoms with Gasteiger partial charge < -0.3 is 0 Å². The Bertz CT molecular complexity index is 485. The highest BCUT2D eigenvalue weighted by atomic mass is 32.2. The lowest BCUT2D eigenvalue weighted by Crippen LogP contribution is -2.48. The number of nitriles is 1. The summed E-state index contributed by atoms with van der Waals surface area (Å²) < 4.78 is 0. The minimum absolute atomic E-state index is 0.375. The smallest absolute Gasteiger partial charge is 0.119 e. The van der Waals surface area contributed by atoms with Crippen LogP contribution in [0.15, 0.2) is 17.2 Å². The summed E-state index contributed by atoms with van der Waals surface area (Å²) in [7, 11) is 0. The summed E-state index contributed by atoms with van der Waals surface area (Å²) in [5.41, 5.74) is 1.90. The van der Waals surface area contributed by atoms with Crippen LogP contribution in [0.2, 0.25) is 0 Å². The molecule has 0 saturated heterocycles. The van der Waals surface area contributed by atoms with E-state index in [9.17, 15) is 5.26 Å². The van der Waals surface area contributed by atoms with E-state index in [2.05, 4.69) is 42.4 Å². The summed E-state index contributed by atoms with van der Waals surface area (Å²) in [6.45, 7) is 7.16. The van der Waals surface area contributed by atoms with Gasteiger partial charge in [0.1, 0.15) is 5.54 Å². The molecule has 1 heterocycles. The molecular formula is C16H23N3S. The van der Waals surface area contributed by atoms with Crippen molar-refractivity contribution in [2.45, 2.75) is 50.6 Å². The number of pyridine rings is 1. The first kappa shape index (κ1) is 15.3. The molecule has 1 aromatic rings. The predicted molar refractivity (Wildman–Crippen MR) is 83.8 cm³/mol. The summed E-state index contributed by atoms with van der Waals surface area (Å²) in [5, 5.41) is 14.2. The summed E-state index contributed by atoms with van der Waals surface area (Å²) >= 11 is 1.70. The molecule has 0 spiro atoms. The summed E-state index contributed by atoms with van der Waals surface area (Å²) in [4.78, 5) is 4.56. The third kappa shape index (κ3) is 3.74. The number of nitrogens with one attached hydrogen (secondary N) is 1. The van der Waals surface area contributed by atoms with Gasteiger partial charge >= 0.3 is 0 Å². The van der Waals surface area contributed by atoms with Crippen molar-refractivity contribution >= 4 is 11.8 Å². The quantitative estimate of drug-likeness (QED) is 0.781. The molecule has 108 valence electrons. The van der Waals surface area contributed by atoms with Crippen molar-refractivity contribution in [3.63, 3.8) is 0 Å². The molecule has 1 saturated carbocycles. The van der Waals surface area contributed by atoms with E-state index in [1.807, 2.05) is 6.92 Å². The first-order valence-electron chi connectivity index (χ1n) is 7.34. The molecule has 2 rings (SSSR count). The van der Waals surface area contributed by atoms with Crippen LogP contribution < -0.4 is 5.32 Å². The lowest BCUT2D eigenvalue weighted by atomic mass is 9.97. The largest absolute Gasteiger partial charge is 0.298 e. The van der Waals surface area contributed by atoms with E-state index >= 15 is 0 Å². The van der Waals surface area contributed by atoms with Gasteiger partial charge in [0.25, 0.3) is 0 Å². The van der Waals surface area contributed by atoms with Crippen LogP contribution in [0.4, 0.5) is 0 Å². The highest BCUT2D eigenvalue weighted by molar-refractivity contribution is 7.99. The fourth-order valence-corrected chi connectivity index (χ4v) is 3.72. The maximum atomic E-state index is 9.65. The second-order valence-corrected chi connectivity index (χ2v) is 6.69. The third-order valence-corrected chi connectivity index (χ3v) is 4.79. The van der Waals surface area contributed by atoms with Crippen LogP contribution in [-0.4, -0.2) is 22.8 Å². The number of hydrogen-bond donors (Lipinski definition) is 1. The van der Waals surface area contributed by atoms with Gasteiger partial charge in [-0.3, -0.25) is 5.32 Å². The predicted octanol–water partition coefficient (Wildman–Crippen LogP) is 3.46. The molecule has 1 atom stereocenters. The second kappa shape index (κ2) is 6.60. The third-order valence-electron chi connectivity index (χ3n) is 3.69. The lowest BCUT2D eigenvalue weighted by molar-refractivity contribution is 0.405. The maximum Gasteiger partial charge on any atom is 0.119 e. The Hall–Kier alpha value is -1.05. The zero-order valence-electron chi connectivity index (χ0n) is 12.6. The fraction of sp³-hybridized carbons (Fsp3) is 0.625. The molecule has 1 unspecified atom stereocenters. The highest BCUT2D eigenvalue weighted by Crippen LogP contribution is 2.42. The van der Waals surface area contributed by atoms with Crippen LogP contribution in [0, 0.1) is 31.1 Å². The molecule has 0 amide bonds. The zero-order valence-corrected chi connectivity index (χ0v) is 13.4. The number of hydrogen-bond acceptors (Lipinski definition) is 4. The lowest BCUT2D eigenvalue weighted by Gasteiger charge is -2.27. The molecule has 4 heteroatoms. The van der Waals surface area contributed by atoms with Gasteiger partial charge in [-0.25, -0.2) is 4.98 Å². The second-order valence-electron chi connectivity index (χ2n) is 5.70. The molecule has 1 aliphatic rings. The van der Waals surface area contributed by atoms with E-state index in [0.29, 0.717) is 5.92 Å². The monoisotopic (exact) mass is 289 g/mol. The van der Waals surface area contributed by atoms with E-state index in [1.54, 1.807) is 11.8 Å². The van der Waals surface area contributed by atoms with Gasteiger partial charge in [-0.1, -0.05) is 6.92 Å². The van der Waals surface area contributed by atoms with Crippen molar-refractivity contribution in [3.05, 3.63) is 23.4 Å². The number of rotatable bonds is 7.